The van der Waals surface area contributed by atoms with E-state index in [1.54, 1.807) is 37.4 Å². The van der Waals surface area contributed by atoms with Crippen molar-refractivity contribution in [3.8, 4) is 0 Å². The highest BCUT2D eigenvalue weighted by molar-refractivity contribution is 6.34. The summed E-state index contributed by atoms with van der Waals surface area (Å²) in [5.41, 5.74) is 2.86. The van der Waals surface area contributed by atoms with Crippen molar-refractivity contribution in [3.63, 3.8) is 0 Å². The molecule has 0 saturated carbocycles. The second-order valence-electron chi connectivity index (χ2n) is 6.26. The highest BCUT2D eigenvalue weighted by Crippen LogP contribution is 2.34. The number of morpholine rings is 1. The van der Waals surface area contributed by atoms with Crippen molar-refractivity contribution in [2.45, 2.75) is 0 Å². The lowest BCUT2D eigenvalue weighted by molar-refractivity contribution is -0.111. The Hall–Kier alpha value is -2.83. The summed E-state index contributed by atoms with van der Waals surface area (Å²) in [5.74, 6) is -0.406. The number of rotatable bonds is 5. The number of para-hydroxylation sites is 1. The molecule has 2 N–H and O–H groups in total. The van der Waals surface area contributed by atoms with Gasteiger partial charge in [0.2, 0.25) is 5.91 Å². The van der Waals surface area contributed by atoms with Gasteiger partial charge in [0.15, 0.2) is 0 Å². The van der Waals surface area contributed by atoms with Crippen LogP contribution in [0.25, 0.3) is 6.08 Å². The van der Waals surface area contributed by atoms with Crippen LogP contribution in [0, 0.1) is 0 Å². The van der Waals surface area contributed by atoms with Crippen molar-refractivity contribution in [1.29, 1.82) is 0 Å². The second kappa shape index (κ2) is 9.39. The van der Waals surface area contributed by atoms with E-state index in [1.165, 1.54) is 6.08 Å². The van der Waals surface area contributed by atoms with Gasteiger partial charge in [-0.05, 0) is 35.9 Å². The van der Waals surface area contributed by atoms with E-state index in [1.807, 2.05) is 18.2 Å². The Morgan fingerprint density at radius 3 is 2.50 bits per heavy atom. The third kappa shape index (κ3) is 4.91. The molecule has 7 heteroatoms. The van der Waals surface area contributed by atoms with Gasteiger partial charge in [-0.1, -0.05) is 29.8 Å². The Kier molecular flexibility index (Phi) is 6.68. The van der Waals surface area contributed by atoms with Gasteiger partial charge in [0, 0.05) is 31.8 Å². The highest BCUT2D eigenvalue weighted by atomic mass is 35.5. The van der Waals surface area contributed by atoms with Crippen LogP contribution in [0.3, 0.4) is 0 Å². The summed E-state index contributed by atoms with van der Waals surface area (Å²) in [6.07, 6.45) is 3.15. The van der Waals surface area contributed by atoms with Crippen LogP contribution in [0.5, 0.6) is 0 Å². The fraction of sp³-hybridized carbons (Fsp3) is 0.238. The monoisotopic (exact) mass is 399 g/mol. The minimum absolute atomic E-state index is 0.148. The number of halogens is 1. The van der Waals surface area contributed by atoms with Gasteiger partial charge in [-0.25, -0.2) is 0 Å². The molecule has 0 bridgehead atoms. The zero-order chi connectivity index (χ0) is 19.9. The molecule has 2 aromatic carbocycles. The van der Waals surface area contributed by atoms with E-state index < -0.39 is 0 Å². The minimum atomic E-state index is -0.257. The molecule has 146 valence electrons. The van der Waals surface area contributed by atoms with Gasteiger partial charge >= 0.3 is 0 Å². The zero-order valence-corrected chi connectivity index (χ0v) is 16.3. The summed E-state index contributed by atoms with van der Waals surface area (Å²) in [6.45, 7) is 2.70. The molecule has 0 atom stereocenters. The van der Waals surface area contributed by atoms with E-state index in [0.717, 1.165) is 24.3 Å². The van der Waals surface area contributed by atoms with Crippen LogP contribution in [0.1, 0.15) is 15.9 Å². The molecule has 0 aromatic heterocycles. The quantitative estimate of drug-likeness (QED) is 0.757. The molecule has 0 spiro atoms. The maximum Gasteiger partial charge on any atom is 0.251 e. The lowest BCUT2D eigenvalue weighted by Gasteiger charge is -2.31. The van der Waals surface area contributed by atoms with Crippen molar-refractivity contribution in [2.75, 3.05) is 43.6 Å². The number of hydrogen-bond acceptors (Lipinski definition) is 4. The number of nitrogens with one attached hydrogen (secondary N) is 2. The van der Waals surface area contributed by atoms with Crippen LogP contribution >= 0.6 is 11.6 Å². The molecule has 1 aliphatic heterocycles. The number of carbonyl (C=O) groups excluding carboxylic acids is 2. The fourth-order valence-electron chi connectivity index (χ4n) is 2.96. The Labute approximate surface area is 169 Å². The lowest BCUT2D eigenvalue weighted by atomic mass is 10.1. The van der Waals surface area contributed by atoms with Crippen LogP contribution in [0.4, 0.5) is 11.4 Å². The van der Waals surface area contributed by atoms with Crippen molar-refractivity contribution in [2.24, 2.45) is 0 Å². The SMILES string of the molecule is CNC(=O)c1ccc(/C=C/C(=O)Nc2cccc(Cl)c2N2CCOCC2)cc1. The number of carbonyl (C=O) groups is 2. The summed E-state index contributed by atoms with van der Waals surface area (Å²) >= 11 is 6.39. The molecular weight excluding hydrogens is 378 g/mol. The van der Waals surface area contributed by atoms with Crippen LogP contribution in [-0.2, 0) is 9.53 Å². The van der Waals surface area contributed by atoms with Crippen molar-refractivity contribution < 1.29 is 14.3 Å². The summed E-state index contributed by atoms with van der Waals surface area (Å²) < 4.78 is 5.39. The van der Waals surface area contributed by atoms with Gasteiger partial charge in [-0.3, -0.25) is 9.59 Å². The second-order valence-corrected chi connectivity index (χ2v) is 6.67. The van der Waals surface area contributed by atoms with E-state index in [-0.39, 0.29) is 11.8 Å². The van der Waals surface area contributed by atoms with E-state index >= 15 is 0 Å². The molecule has 1 fully saturated rings. The first kappa shape index (κ1) is 19.9. The lowest BCUT2D eigenvalue weighted by Crippen LogP contribution is -2.37. The van der Waals surface area contributed by atoms with Gasteiger partial charge in [-0.2, -0.15) is 0 Å². The highest BCUT2D eigenvalue weighted by Gasteiger charge is 2.18. The summed E-state index contributed by atoms with van der Waals surface area (Å²) in [4.78, 5) is 26.1. The Morgan fingerprint density at radius 2 is 1.82 bits per heavy atom. The molecule has 1 heterocycles. The topological polar surface area (TPSA) is 70.7 Å². The molecule has 0 aliphatic carbocycles. The van der Waals surface area contributed by atoms with Gasteiger partial charge in [0.1, 0.15) is 0 Å². The molecule has 2 aromatic rings. The summed E-state index contributed by atoms with van der Waals surface area (Å²) in [5, 5.41) is 6.06. The number of amides is 2. The Morgan fingerprint density at radius 1 is 1.11 bits per heavy atom. The first-order valence-electron chi connectivity index (χ1n) is 9.01. The van der Waals surface area contributed by atoms with Crippen LogP contribution < -0.4 is 15.5 Å². The third-order valence-corrected chi connectivity index (χ3v) is 4.70. The minimum Gasteiger partial charge on any atom is -0.378 e. The average Bonchev–Trinajstić information content (AvgIpc) is 2.73. The van der Waals surface area contributed by atoms with Crippen LogP contribution in [-0.4, -0.2) is 45.2 Å². The zero-order valence-electron chi connectivity index (χ0n) is 15.6. The largest absolute Gasteiger partial charge is 0.378 e. The standard InChI is InChI=1S/C21H22ClN3O3/c1-23-21(27)16-8-5-15(6-9-16)7-10-19(26)24-18-4-2-3-17(22)20(18)25-11-13-28-14-12-25/h2-10H,11-14H2,1H3,(H,23,27)(H,24,26)/b10-7+. The van der Waals surface area contributed by atoms with Gasteiger partial charge in [0.05, 0.1) is 29.6 Å². The van der Waals surface area contributed by atoms with Crippen molar-refractivity contribution in [1.82, 2.24) is 5.32 Å². The molecule has 1 saturated heterocycles. The first-order valence-corrected chi connectivity index (χ1v) is 9.38. The molecule has 1 aliphatic rings. The summed E-state index contributed by atoms with van der Waals surface area (Å²) in [7, 11) is 1.58. The number of benzene rings is 2. The molecule has 2 amide bonds. The maximum atomic E-state index is 12.4. The van der Waals surface area contributed by atoms with Crippen LogP contribution in [0.2, 0.25) is 5.02 Å². The van der Waals surface area contributed by atoms with Gasteiger partial charge < -0.3 is 20.3 Å². The van der Waals surface area contributed by atoms with E-state index in [0.29, 0.717) is 29.5 Å². The Balaban J connectivity index is 1.70. The number of hydrogen-bond donors (Lipinski definition) is 2. The molecule has 6 nitrogen and oxygen atoms in total. The molecule has 0 unspecified atom stereocenters. The molecule has 28 heavy (non-hydrogen) atoms. The number of nitrogens with zero attached hydrogens (tertiary/aromatic N) is 1. The summed E-state index contributed by atoms with van der Waals surface area (Å²) in [6, 6.07) is 12.4. The van der Waals surface area contributed by atoms with Gasteiger partial charge in [-0.15, -0.1) is 0 Å². The molecule has 3 rings (SSSR count). The molecular formula is C21H22ClN3O3. The predicted molar refractivity (Wildman–Crippen MR) is 112 cm³/mol. The average molecular weight is 400 g/mol. The number of anilines is 2. The smallest absolute Gasteiger partial charge is 0.251 e. The maximum absolute atomic E-state index is 12.4. The van der Waals surface area contributed by atoms with Crippen LogP contribution in [0.15, 0.2) is 48.5 Å². The van der Waals surface area contributed by atoms with Crippen molar-refractivity contribution in [3.05, 3.63) is 64.7 Å². The first-order chi connectivity index (χ1) is 13.6. The van der Waals surface area contributed by atoms with E-state index in [2.05, 4.69) is 15.5 Å². The third-order valence-electron chi connectivity index (χ3n) is 4.40. The predicted octanol–water partition coefficient (Wildman–Crippen LogP) is 3.19. The fourth-order valence-corrected chi connectivity index (χ4v) is 3.25. The van der Waals surface area contributed by atoms with Gasteiger partial charge in [0.25, 0.3) is 5.91 Å². The van der Waals surface area contributed by atoms with Crippen molar-refractivity contribution >= 4 is 40.9 Å². The molecule has 0 radical (unpaired) electrons. The van der Waals surface area contributed by atoms with E-state index in [9.17, 15) is 9.59 Å². The normalized spacial score (nSPS) is 14.1. The number of ether oxygens (including phenoxy) is 1. The van der Waals surface area contributed by atoms with E-state index in [4.69, 9.17) is 16.3 Å². The Bertz CT molecular complexity index is 875.